The number of aryl methyl sites for hydroxylation is 2. The van der Waals surface area contributed by atoms with Gasteiger partial charge >= 0.3 is 0 Å². The van der Waals surface area contributed by atoms with Gasteiger partial charge in [0.05, 0.1) is 16.6 Å². The van der Waals surface area contributed by atoms with Gasteiger partial charge in [-0.1, -0.05) is 55.5 Å². The van der Waals surface area contributed by atoms with Gasteiger partial charge in [0.2, 0.25) is 5.91 Å². The van der Waals surface area contributed by atoms with E-state index in [0.717, 1.165) is 38.0 Å². The molecule has 1 atom stereocenters. The van der Waals surface area contributed by atoms with Crippen LogP contribution in [0.3, 0.4) is 0 Å². The first-order chi connectivity index (χ1) is 18.3. The van der Waals surface area contributed by atoms with Crippen LogP contribution in [-0.4, -0.2) is 35.9 Å². The van der Waals surface area contributed by atoms with Gasteiger partial charge in [-0.05, 0) is 60.5 Å². The molecule has 1 aromatic heterocycles. The second-order valence-electron chi connectivity index (χ2n) is 9.99. The lowest BCUT2D eigenvalue weighted by Gasteiger charge is -2.26. The number of fused-ring (bicyclic) bond motifs is 1. The van der Waals surface area contributed by atoms with E-state index >= 15 is 0 Å². The van der Waals surface area contributed by atoms with Crippen molar-refractivity contribution >= 4 is 15.9 Å². The van der Waals surface area contributed by atoms with Gasteiger partial charge in [-0.2, -0.15) is 0 Å². The van der Waals surface area contributed by atoms with Gasteiger partial charge in [0.25, 0.3) is 10.0 Å². The second kappa shape index (κ2) is 12.8. The summed E-state index contributed by atoms with van der Waals surface area (Å²) in [6.45, 7) is 6.30. The lowest BCUT2D eigenvalue weighted by molar-refractivity contribution is -0.120. The average molecular weight is 537 g/mol. The number of nitrogens with zero attached hydrogens (tertiary/aromatic N) is 3. The van der Waals surface area contributed by atoms with Crippen molar-refractivity contribution in [1.82, 2.24) is 30.3 Å². The molecule has 10 heteroatoms. The van der Waals surface area contributed by atoms with Crippen LogP contribution in [0.4, 0.5) is 0 Å². The minimum Gasteiger partial charge on any atom is -0.331 e. The first kappa shape index (κ1) is 27.5. The fraction of sp³-hybridized carbons (Fsp3) is 0.393. The van der Waals surface area contributed by atoms with E-state index in [4.69, 9.17) is 0 Å². The van der Waals surface area contributed by atoms with Gasteiger partial charge in [-0.15, -0.1) is 5.10 Å². The van der Waals surface area contributed by atoms with E-state index in [0.29, 0.717) is 12.3 Å². The first-order valence-corrected chi connectivity index (χ1v) is 14.5. The van der Waals surface area contributed by atoms with Gasteiger partial charge in [0.15, 0.2) is 0 Å². The van der Waals surface area contributed by atoms with Crippen molar-refractivity contribution in [1.29, 1.82) is 0 Å². The normalized spacial score (nSPS) is 15.5. The molecule has 3 aromatic rings. The summed E-state index contributed by atoms with van der Waals surface area (Å²) in [6.07, 6.45) is 8.23. The van der Waals surface area contributed by atoms with Crippen LogP contribution in [-0.2, 0) is 34.2 Å². The molecule has 0 bridgehead atoms. The minimum atomic E-state index is -3.67. The van der Waals surface area contributed by atoms with Crippen LogP contribution < -0.4 is 15.4 Å². The van der Waals surface area contributed by atoms with Crippen LogP contribution >= 0.6 is 0 Å². The Labute approximate surface area is 224 Å². The average Bonchev–Trinajstić information content (AvgIpc) is 3.39. The van der Waals surface area contributed by atoms with Gasteiger partial charge in [-0.3, -0.25) is 9.52 Å². The third-order valence-corrected chi connectivity index (χ3v) is 7.80. The van der Waals surface area contributed by atoms with E-state index in [1.54, 1.807) is 18.2 Å². The molecule has 38 heavy (non-hydrogen) atoms. The molecular formula is C28H36N6O3S. The van der Waals surface area contributed by atoms with E-state index in [1.807, 2.05) is 10.9 Å². The monoisotopic (exact) mass is 536 g/mol. The number of rotatable bonds is 12. The van der Waals surface area contributed by atoms with Crippen molar-refractivity contribution in [2.24, 2.45) is 5.92 Å². The highest BCUT2D eigenvalue weighted by molar-refractivity contribution is 7.89. The maximum atomic E-state index is 12.2. The Kier molecular flexibility index (Phi) is 9.30. The molecule has 0 fully saturated rings. The first-order valence-electron chi connectivity index (χ1n) is 13.1. The highest BCUT2D eigenvalue weighted by Gasteiger charge is 2.23. The summed E-state index contributed by atoms with van der Waals surface area (Å²) < 4.78 is 28.6. The van der Waals surface area contributed by atoms with E-state index in [-0.39, 0.29) is 23.3 Å². The van der Waals surface area contributed by atoms with Crippen LogP contribution in [0.2, 0.25) is 0 Å². The van der Waals surface area contributed by atoms with E-state index in [2.05, 4.69) is 57.7 Å². The smallest absolute Gasteiger partial charge is 0.261 e. The Morgan fingerprint density at radius 3 is 2.76 bits per heavy atom. The van der Waals surface area contributed by atoms with Gasteiger partial charge in [0, 0.05) is 38.0 Å². The van der Waals surface area contributed by atoms with E-state index in [9.17, 15) is 13.2 Å². The molecule has 0 spiro atoms. The zero-order valence-corrected chi connectivity index (χ0v) is 22.7. The van der Waals surface area contributed by atoms with Crippen molar-refractivity contribution in [3.8, 4) is 0 Å². The standard InChI is InChI=1S/C28H36N6O3S/c1-21(2)18-29-19-22-11-13-26-23(17-22)7-6-10-27(26)34-20-24(32-33-34)12-14-28(35)30-15-16-31-38(36,37)25-8-4-3-5-9-25/h3-5,8-9,11,13,15-17,20-21,27,29,31H,6-7,10,12,14,18-19H2,1-2H3,(H,30,35)/b16-15-/t27-/m0/s1. The zero-order valence-electron chi connectivity index (χ0n) is 21.9. The number of aromatic nitrogens is 3. The Hall–Kier alpha value is -3.50. The Morgan fingerprint density at radius 1 is 1.16 bits per heavy atom. The van der Waals surface area contributed by atoms with Crippen molar-refractivity contribution in [2.75, 3.05) is 6.54 Å². The van der Waals surface area contributed by atoms with Crippen LogP contribution in [0.5, 0.6) is 0 Å². The molecule has 0 saturated heterocycles. The summed E-state index contributed by atoms with van der Waals surface area (Å²) in [5.41, 5.74) is 4.71. The number of sulfonamides is 1. The summed E-state index contributed by atoms with van der Waals surface area (Å²) in [6, 6.07) is 14.9. The fourth-order valence-corrected chi connectivity index (χ4v) is 5.45. The van der Waals surface area contributed by atoms with Crippen LogP contribution in [0.25, 0.3) is 0 Å². The largest absolute Gasteiger partial charge is 0.331 e. The lowest BCUT2D eigenvalue weighted by Crippen LogP contribution is -2.21. The molecule has 9 nitrogen and oxygen atoms in total. The maximum absolute atomic E-state index is 12.2. The predicted octanol–water partition coefficient (Wildman–Crippen LogP) is 3.45. The number of benzene rings is 2. The van der Waals surface area contributed by atoms with Crippen molar-refractivity contribution in [3.05, 3.63) is 89.5 Å². The highest BCUT2D eigenvalue weighted by Crippen LogP contribution is 2.33. The minimum absolute atomic E-state index is 0.145. The number of carbonyl (C=O) groups excluding carboxylic acids is 1. The summed E-state index contributed by atoms with van der Waals surface area (Å²) in [4.78, 5) is 12.4. The number of hydrogen-bond donors (Lipinski definition) is 3. The lowest BCUT2D eigenvalue weighted by atomic mass is 9.86. The Bertz CT molecular complexity index is 1350. The topological polar surface area (TPSA) is 118 Å². The molecule has 0 saturated carbocycles. The summed E-state index contributed by atoms with van der Waals surface area (Å²) >= 11 is 0. The molecule has 3 N–H and O–H groups in total. The molecule has 0 unspecified atom stereocenters. The molecule has 1 heterocycles. The molecule has 4 rings (SSSR count). The molecule has 0 radical (unpaired) electrons. The third kappa shape index (κ3) is 7.52. The SMILES string of the molecule is CC(C)CNCc1ccc2c(c1)CCC[C@@H]2n1cc(CCC(=O)N/C=C\NS(=O)(=O)c2ccccc2)nn1. The van der Waals surface area contributed by atoms with Crippen molar-refractivity contribution in [3.63, 3.8) is 0 Å². The van der Waals surface area contributed by atoms with E-state index in [1.165, 1.54) is 41.2 Å². The number of hydrogen-bond acceptors (Lipinski definition) is 6. The maximum Gasteiger partial charge on any atom is 0.261 e. The summed E-state index contributed by atoms with van der Waals surface area (Å²) in [5, 5.41) is 14.7. The van der Waals surface area contributed by atoms with Crippen LogP contribution in [0.1, 0.15) is 61.5 Å². The molecule has 1 aliphatic carbocycles. The second-order valence-corrected chi connectivity index (χ2v) is 11.7. The number of nitrogens with one attached hydrogen (secondary N) is 3. The number of amides is 1. The summed E-state index contributed by atoms with van der Waals surface area (Å²) in [7, 11) is -3.67. The zero-order chi connectivity index (χ0) is 27.0. The molecule has 202 valence electrons. The Morgan fingerprint density at radius 2 is 1.97 bits per heavy atom. The van der Waals surface area contributed by atoms with Gasteiger partial charge < -0.3 is 10.6 Å². The Balaban J connectivity index is 1.27. The highest BCUT2D eigenvalue weighted by atomic mass is 32.2. The van der Waals surface area contributed by atoms with Crippen LogP contribution in [0.15, 0.2) is 72.0 Å². The quantitative estimate of drug-likeness (QED) is 0.326. The molecule has 0 aliphatic heterocycles. The van der Waals surface area contributed by atoms with Gasteiger partial charge in [-0.25, -0.2) is 13.1 Å². The van der Waals surface area contributed by atoms with Crippen LogP contribution in [0, 0.1) is 5.92 Å². The number of carbonyl (C=O) groups is 1. The molecule has 2 aromatic carbocycles. The molecular weight excluding hydrogens is 500 g/mol. The van der Waals surface area contributed by atoms with Gasteiger partial charge in [0.1, 0.15) is 0 Å². The fourth-order valence-electron chi connectivity index (χ4n) is 4.55. The molecule has 1 amide bonds. The third-order valence-electron chi connectivity index (χ3n) is 6.46. The van der Waals surface area contributed by atoms with Crippen molar-refractivity contribution < 1.29 is 13.2 Å². The summed E-state index contributed by atoms with van der Waals surface area (Å²) in [5.74, 6) is 0.387. The molecule has 1 aliphatic rings. The van der Waals surface area contributed by atoms with E-state index < -0.39 is 10.0 Å². The van der Waals surface area contributed by atoms with Crippen molar-refractivity contribution in [2.45, 2.75) is 63.4 Å². The predicted molar refractivity (Wildman–Crippen MR) is 146 cm³/mol.